The second-order valence-electron chi connectivity index (χ2n) is 21.0. The summed E-state index contributed by atoms with van der Waals surface area (Å²) in [6, 6.07) is 25.7. The van der Waals surface area contributed by atoms with Crippen LogP contribution in [0.2, 0.25) is 0 Å². The highest BCUT2D eigenvalue weighted by molar-refractivity contribution is 6.01. The summed E-state index contributed by atoms with van der Waals surface area (Å²) in [4.78, 5) is 77.9. The first kappa shape index (κ1) is 54.3. The fourth-order valence-corrected chi connectivity index (χ4v) is 11.6. The van der Waals surface area contributed by atoms with E-state index in [-0.39, 0.29) is 66.7 Å². The van der Waals surface area contributed by atoms with Gasteiger partial charge in [0.2, 0.25) is 17.7 Å². The van der Waals surface area contributed by atoms with Gasteiger partial charge < -0.3 is 35.8 Å². The maximum absolute atomic E-state index is 16.3. The molecule has 8 aromatic rings. The molecule has 81 heavy (non-hydrogen) atoms. The molecule has 420 valence electrons. The molecule has 23 heteroatoms. The van der Waals surface area contributed by atoms with Gasteiger partial charge in [0.25, 0.3) is 0 Å². The summed E-state index contributed by atoms with van der Waals surface area (Å²) in [7, 11) is 1.22. The molecular weight excluding hydrogens is 1040 g/mol. The zero-order chi connectivity index (χ0) is 56.2. The third-order valence-electron chi connectivity index (χ3n) is 15.8. The quantitative estimate of drug-likeness (QED) is 0.0263. The van der Waals surface area contributed by atoms with Crippen molar-refractivity contribution in [1.82, 2.24) is 64.9 Å². The second kappa shape index (κ2) is 23.6. The maximum atomic E-state index is 16.3. The van der Waals surface area contributed by atoms with Crippen molar-refractivity contribution in [2.45, 2.75) is 88.9 Å². The number of likely N-dealkylation sites (tertiary alicyclic amines) is 1. The highest BCUT2D eigenvalue weighted by Gasteiger charge is 2.46. The number of nitrogen functional groups attached to an aromatic ring is 1. The van der Waals surface area contributed by atoms with E-state index in [1.165, 1.54) is 19.5 Å². The number of fused-ring (bicyclic) bond motifs is 3. The molecule has 6 N–H and O–H groups in total. The zero-order valence-corrected chi connectivity index (χ0v) is 44.9. The minimum absolute atomic E-state index is 0.0304. The average molecular weight is 1100 g/mol. The number of hydrogen-bond donors (Lipinski definition) is 5. The number of benzene rings is 4. The van der Waals surface area contributed by atoms with Crippen LogP contribution in [0.1, 0.15) is 81.9 Å². The Kier molecular flexibility index (Phi) is 15.8. The number of piperidine rings is 2. The van der Waals surface area contributed by atoms with E-state index in [0.29, 0.717) is 126 Å². The molecule has 1 unspecified atom stereocenters. The lowest BCUT2D eigenvalue weighted by Gasteiger charge is -2.39. The number of hydrogen-bond acceptors (Lipinski definition) is 15. The van der Waals surface area contributed by atoms with Crippen LogP contribution in [0.3, 0.4) is 0 Å². The molecule has 0 spiro atoms. The molecule has 2 atom stereocenters. The number of aliphatic hydroxyl groups is 1. The van der Waals surface area contributed by atoms with Crippen LogP contribution >= 0.6 is 0 Å². The average Bonchev–Trinajstić information content (AvgIpc) is 4.43. The molecule has 22 nitrogen and oxygen atoms in total. The molecule has 4 aliphatic heterocycles. The third-order valence-corrected chi connectivity index (χ3v) is 15.8. The lowest BCUT2D eigenvalue weighted by molar-refractivity contribution is -0.142. The van der Waals surface area contributed by atoms with Gasteiger partial charge in [-0.3, -0.25) is 29.2 Å². The molecule has 0 saturated carbocycles. The van der Waals surface area contributed by atoms with E-state index >= 15 is 4.39 Å². The molecule has 4 aromatic carbocycles. The van der Waals surface area contributed by atoms with Gasteiger partial charge in [-0.2, -0.15) is 10.2 Å². The Hall–Kier alpha value is -8.67. The molecule has 4 aliphatic rings. The monoisotopic (exact) mass is 1100 g/mol. The van der Waals surface area contributed by atoms with E-state index in [0.717, 1.165) is 36.0 Å². The molecule has 0 aliphatic carbocycles. The molecule has 12 rings (SSSR count). The number of halogens is 1. The van der Waals surface area contributed by atoms with Crippen LogP contribution in [0.4, 0.5) is 10.2 Å². The van der Waals surface area contributed by atoms with Gasteiger partial charge in [0.1, 0.15) is 66.5 Å². The summed E-state index contributed by atoms with van der Waals surface area (Å²) < 4.78 is 30.2. The van der Waals surface area contributed by atoms with E-state index in [1.807, 2.05) is 76.3 Å². The number of unbranched alkanes of at least 4 members (excludes halogenated alkanes) is 2. The van der Waals surface area contributed by atoms with Crippen molar-refractivity contribution < 1.29 is 42.9 Å². The molecule has 8 heterocycles. The van der Waals surface area contributed by atoms with Gasteiger partial charge >= 0.3 is 11.9 Å². The predicted octanol–water partition coefficient (Wildman–Crippen LogP) is 5.75. The van der Waals surface area contributed by atoms with Gasteiger partial charge in [0.05, 0.1) is 55.5 Å². The van der Waals surface area contributed by atoms with Crippen LogP contribution in [0.15, 0.2) is 97.5 Å². The Balaban J connectivity index is 0.680. The Bertz CT molecular complexity index is 3650. The number of carbonyl (C=O) groups is 5. The lowest BCUT2D eigenvalue weighted by Crippen LogP contribution is -2.65. The van der Waals surface area contributed by atoms with Gasteiger partial charge in [-0.1, -0.05) is 41.5 Å². The normalized spacial score (nSPS) is 18.0. The fraction of sp³-hybridized carbons (Fsp3) is 0.379. The van der Waals surface area contributed by atoms with Crippen LogP contribution in [-0.4, -0.2) is 138 Å². The highest BCUT2D eigenvalue weighted by Crippen LogP contribution is 2.43. The summed E-state index contributed by atoms with van der Waals surface area (Å²) >= 11 is 0. The van der Waals surface area contributed by atoms with Crippen molar-refractivity contribution in [3.8, 4) is 33.9 Å². The third kappa shape index (κ3) is 11.3. The minimum Gasteiger partial charge on any atom is -0.468 e. The van der Waals surface area contributed by atoms with Crippen LogP contribution in [0.25, 0.3) is 55.2 Å². The highest BCUT2D eigenvalue weighted by atomic mass is 19.1. The maximum Gasteiger partial charge on any atom is 0.340 e. The molecule has 4 amide bonds. The first-order valence-corrected chi connectivity index (χ1v) is 27.6. The number of ether oxygens (including phenoxy) is 2. The Morgan fingerprint density at radius 1 is 0.827 bits per heavy atom. The topological polar surface area (TPSA) is 269 Å². The fourth-order valence-electron chi connectivity index (χ4n) is 11.6. The number of esters is 1. The van der Waals surface area contributed by atoms with Crippen LogP contribution in [0.5, 0.6) is 11.5 Å². The van der Waals surface area contributed by atoms with E-state index in [4.69, 9.17) is 25.8 Å². The number of quaternary nitrogens is 1. The number of carbonyl (C=O) groups excluding carboxylic acids is 5. The molecule has 4 aromatic heterocycles. The second-order valence-corrected chi connectivity index (χ2v) is 21.0. The Morgan fingerprint density at radius 2 is 1.63 bits per heavy atom. The summed E-state index contributed by atoms with van der Waals surface area (Å²) in [5.41, 5.74) is 11.4. The van der Waals surface area contributed by atoms with Crippen molar-refractivity contribution in [3.05, 3.63) is 109 Å². The molecule has 4 bridgehead atoms. The zero-order valence-electron chi connectivity index (χ0n) is 44.9. The van der Waals surface area contributed by atoms with Gasteiger partial charge in [0, 0.05) is 73.1 Å². The number of aromatic nitrogens is 8. The number of nitrogens with two attached hydrogens (primary N) is 1. The van der Waals surface area contributed by atoms with E-state index in [9.17, 15) is 29.1 Å². The molecular formula is C58H64FN14O8+. The number of anilines is 1. The van der Waals surface area contributed by atoms with Gasteiger partial charge in [0.15, 0.2) is 5.65 Å². The Morgan fingerprint density at radius 3 is 2.43 bits per heavy atom. The minimum atomic E-state index is -1.21. The van der Waals surface area contributed by atoms with Crippen molar-refractivity contribution in [2.75, 3.05) is 58.7 Å². The van der Waals surface area contributed by atoms with Crippen molar-refractivity contribution >= 4 is 68.3 Å². The molecule has 2 fully saturated rings. The predicted molar refractivity (Wildman–Crippen MR) is 299 cm³/mol. The molecule has 2 saturated heterocycles. The first-order chi connectivity index (χ1) is 39.4. The largest absolute Gasteiger partial charge is 0.468 e. The smallest absolute Gasteiger partial charge is 0.340 e. The number of methoxy groups -OCH3 is 1. The number of para-hydroxylation sites is 1. The van der Waals surface area contributed by atoms with E-state index < -0.39 is 23.9 Å². The summed E-state index contributed by atoms with van der Waals surface area (Å²) in [6.07, 6.45) is 6.79. The number of aliphatic hydroxyl groups excluding tert-OH is 1. The number of amides is 4. The number of rotatable bonds is 20. The Labute approximate surface area is 464 Å². The van der Waals surface area contributed by atoms with Crippen LogP contribution in [-0.2, 0) is 35.3 Å². The van der Waals surface area contributed by atoms with Crippen molar-refractivity contribution in [3.63, 3.8) is 0 Å². The molecule has 0 radical (unpaired) electrons. The van der Waals surface area contributed by atoms with Gasteiger partial charge in [-0.05, 0) is 85.8 Å². The van der Waals surface area contributed by atoms with Crippen LogP contribution in [0, 0.1) is 5.82 Å². The first-order valence-electron chi connectivity index (χ1n) is 27.6. The van der Waals surface area contributed by atoms with E-state index in [1.54, 1.807) is 27.8 Å². The summed E-state index contributed by atoms with van der Waals surface area (Å²) in [6.45, 7) is 1.60. The van der Waals surface area contributed by atoms with Gasteiger partial charge in [-0.15, -0.1) is 9.69 Å². The number of nitrogens with one attached hydrogen (secondary N) is 3. The van der Waals surface area contributed by atoms with Crippen LogP contribution < -0.4 is 31.0 Å². The summed E-state index contributed by atoms with van der Waals surface area (Å²) in [5, 5.41) is 35.9. The SMILES string of the molecule is COC(=O)CNC(=O)CNC(O)Cn1nc2c3c(cccc31)-c1cc3c(cnn3[N+]3(C(=O)CCC(=O)NCCCCCC(=O)N4CCC[C@@H](n5nc(-c6ccc(Oc7ccccc7)cc6)c6c(N)ncnc65)C4)CCC2CC3)cc1F. The van der Waals surface area contributed by atoms with E-state index in [2.05, 4.69) is 30.7 Å². The lowest BCUT2D eigenvalue weighted by atomic mass is 9.88. The number of nitrogens with zero attached hydrogens (tertiary/aromatic N) is 10. The van der Waals surface area contributed by atoms with Crippen molar-refractivity contribution in [1.29, 1.82) is 0 Å². The summed E-state index contributed by atoms with van der Waals surface area (Å²) in [5.74, 6) is -0.370. The van der Waals surface area contributed by atoms with Gasteiger partial charge in [-0.25, -0.2) is 23.8 Å². The standard InChI is InChI=1S/C58H63FN14O8/c1-80-52(79)32-63-48(75)31-62-49(76)34-70-45-14-8-13-42-43-29-46-38(28-44(43)59)30-66-72(46)73(26-22-37(23-27-73)55(67-70)53(42)45)51(78)21-20-47(74)61-24-7-3-6-15-50(77)69-25-9-10-39(33-69)71-58-54(57(60)64-35-65-58)56(68-71)36-16-18-41(19-17-36)81-40-11-4-2-5-12-40/h2,4-5,8,11-14,16-19,28-30,35,37,39,49,62,76H,3,6-7,9-10,15,20-27,31-34H2,1H3,(H3-,60,61,63,64,65,68,74,75)/p+1/t37?,39-,49?,73?/m1/s1. The van der Waals surface area contributed by atoms with Crippen molar-refractivity contribution in [2.24, 2.45) is 0 Å².